The van der Waals surface area contributed by atoms with Gasteiger partial charge in [-0.05, 0) is 16.5 Å². The molecule has 3 aromatic rings. The molecule has 0 aliphatic rings. The van der Waals surface area contributed by atoms with Crippen molar-refractivity contribution in [2.75, 3.05) is 0 Å². The van der Waals surface area contributed by atoms with Crippen LogP contribution in [0.3, 0.4) is 0 Å². The van der Waals surface area contributed by atoms with Crippen LogP contribution in [0.1, 0.15) is 0 Å². The molecular weight excluding hydrogens is 180 g/mol. The summed E-state index contributed by atoms with van der Waals surface area (Å²) in [6, 6.07) is 10.7. The maximum atomic E-state index is 5.48. The number of nitrogens with one attached hydrogen (secondary N) is 1. The van der Waals surface area contributed by atoms with Crippen LogP contribution in [0, 0.1) is 6.07 Å². The van der Waals surface area contributed by atoms with E-state index < -0.39 is 0 Å². The van der Waals surface area contributed by atoms with E-state index in [2.05, 4.69) is 26.7 Å². The number of aromatic amines is 1. The quantitative estimate of drug-likeness (QED) is 0.622. The average molecular weight is 185 g/mol. The van der Waals surface area contributed by atoms with Crippen molar-refractivity contribution in [1.29, 1.82) is 0 Å². The lowest BCUT2D eigenvalue weighted by Crippen LogP contribution is -1.75. The fraction of sp³-hybridized carbons (Fsp3) is 0. The zero-order valence-corrected chi connectivity index (χ0v) is 7.06. The van der Waals surface area contributed by atoms with E-state index in [9.17, 15) is 0 Å². The van der Waals surface area contributed by atoms with Gasteiger partial charge in [0.2, 0.25) is 5.82 Å². The highest BCUT2D eigenvalue weighted by atomic mass is 16.3. The van der Waals surface area contributed by atoms with Crippen molar-refractivity contribution in [1.82, 2.24) is 20.6 Å². The van der Waals surface area contributed by atoms with E-state index in [4.69, 9.17) is 4.42 Å². The fourth-order valence-corrected chi connectivity index (χ4v) is 1.28. The molecule has 0 spiro atoms. The number of furan rings is 1. The number of tetrazole rings is 1. The van der Waals surface area contributed by atoms with Crippen molar-refractivity contribution in [2.45, 2.75) is 0 Å². The van der Waals surface area contributed by atoms with Gasteiger partial charge in [0.15, 0.2) is 5.76 Å². The lowest BCUT2D eigenvalue weighted by atomic mass is 10.2. The fourth-order valence-electron chi connectivity index (χ4n) is 1.28. The highest BCUT2D eigenvalue weighted by Gasteiger charge is 2.08. The number of aromatic nitrogens is 4. The molecule has 0 unspecified atom stereocenters. The Morgan fingerprint density at radius 2 is 2.21 bits per heavy atom. The summed E-state index contributed by atoms with van der Waals surface area (Å²) < 4.78 is 5.48. The van der Waals surface area contributed by atoms with E-state index in [0.717, 1.165) is 11.0 Å². The second kappa shape index (κ2) is 2.66. The van der Waals surface area contributed by atoms with Crippen molar-refractivity contribution in [3.8, 4) is 11.6 Å². The van der Waals surface area contributed by atoms with Gasteiger partial charge in [0.05, 0.1) is 0 Å². The van der Waals surface area contributed by atoms with Crippen LogP contribution in [0.2, 0.25) is 0 Å². The molecule has 0 bridgehead atoms. The molecule has 67 valence electrons. The Morgan fingerprint density at radius 3 is 3.00 bits per heavy atom. The van der Waals surface area contributed by atoms with Crippen LogP contribution in [0.15, 0.2) is 28.7 Å². The molecule has 5 nitrogen and oxygen atoms in total. The molecule has 0 aliphatic heterocycles. The molecule has 0 saturated carbocycles. The monoisotopic (exact) mass is 185 g/mol. The number of fused-ring (bicyclic) bond motifs is 1. The molecule has 1 N–H and O–H groups in total. The number of benzene rings is 1. The second-order valence-electron chi connectivity index (χ2n) is 2.80. The van der Waals surface area contributed by atoms with Crippen LogP contribution < -0.4 is 0 Å². The molecule has 3 rings (SSSR count). The first-order valence-corrected chi connectivity index (χ1v) is 4.08. The minimum absolute atomic E-state index is 0.487. The molecule has 0 fully saturated rings. The topological polar surface area (TPSA) is 67.6 Å². The molecule has 0 aliphatic carbocycles. The van der Waals surface area contributed by atoms with Gasteiger partial charge in [-0.25, -0.2) is 5.10 Å². The van der Waals surface area contributed by atoms with Crippen LogP contribution in [0.25, 0.3) is 22.6 Å². The molecule has 2 aromatic heterocycles. The second-order valence-corrected chi connectivity index (χ2v) is 2.80. The highest BCUT2D eigenvalue weighted by molar-refractivity contribution is 5.80. The summed E-state index contributed by atoms with van der Waals surface area (Å²) in [5.74, 6) is 1.01. The van der Waals surface area contributed by atoms with Crippen molar-refractivity contribution >= 4 is 11.0 Å². The third-order valence-electron chi connectivity index (χ3n) is 1.91. The number of H-pyrrole nitrogens is 1. The molecule has 5 heteroatoms. The molecule has 1 radical (unpaired) electrons. The maximum absolute atomic E-state index is 5.48. The summed E-state index contributed by atoms with van der Waals surface area (Å²) in [7, 11) is 0. The van der Waals surface area contributed by atoms with Gasteiger partial charge in [-0.15, -0.1) is 5.10 Å². The number of hydrogen-bond acceptors (Lipinski definition) is 4. The lowest BCUT2D eigenvalue weighted by Gasteiger charge is -1.84. The van der Waals surface area contributed by atoms with E-state index in [0.29, 0.717) is 11.6 Å². The predicted octanol–water partition coefficient (Wildman–Crippen LogP) is 1.41. The minimum Gasteiger partial charge on any atom is -0.452 e. The van der Waals surface area contributed by atoms with Crippen LogP contribution >= 0.6 is 0 Å². The van der Waals surface area contributed by atoms with Crippen molar-refractivity contribution < 1.29 is 4.42 Å². The van der Waals surface area contributed by atoms with Gasteiger partial charge in [0.25, 0.3) is 0 Å². The first-order valence-electron chi connectivity index (χ1n) is 4.08. The van der Waals surface area contributed by atoms with Crippen LogP contribution in [0.4, 0.5) is 0 Å². The Balaban J connectivity index is 2.24. The molecule has 0 atom stereocenters. The van der Waals surface area contributed by atoms with E-state index in [1.54, 1.807) is 0 Å². The summed E-state index contributed by atoms with van der Waals surface area (Å²) in [6.45, 7) is 0. The van der Waals surface area contributed by atoms with Crippen LogP contribution in [-0.4, -0.2) is 20.6 Å². The Morgan fingerprint density at radius 1 is 1.29 bits per heavy atom. The Kier molecular flexibility index (Phi) is 1.38. The zero-order chi connectivity index (χ0) is 9.38. The van der Waals surface area contributed by atoms with Gasteiger partial charge < -0.3 is 4.42 Å². The molecule has 2 heterocycles. The maximum Gasteiger partial charge on any atom is 0.215 e. The van der Waals surface area contributed by atoms with Crippen LogP contribution in [0.5, 0.6) is 0 Å². The largest absolute Gasteiger partial charge is 0.452 e. The molecular formula is C9H5N4O. The Hall–Kier alpha value is -2.17. The van der Waals surface area contributed by atoms with E-state index in [-0.39, 0.29) is 0 Å². The first-order chi connectivity index (χ1) is 6.93. The summed E-state index contributed by atoms with van der Waals surface area (Å²) in [5, 5.41) is 14.2. The Labute approximate surface area is 78.7 Å². The molecule has 0 saturated heterocycles. The summed E-state index contributed by atoms with van der Waals surface area (Å²) >= 11 is 0. The average Bonchev–Trinajstić information content (AvgIpc) is 2.86. The SMILES string of the molecule is [c]1c(-c2nnn[nH]2)oc2ccccc12. The predicted molar refractivity (Wildman–Crippen MR) is 48.2 cm³/mol. The van der Waals surface area contributed by atoms with Crippen molar-refractivity contribution in [2.24, 2.45) is 0 Å². The number of nitrogens with zero attached hydrogens (tertiary/aromatic N) is 3. The standard InChI is InChI=1S/C9H5N4O/c1-2-4-7-6(3-1)5-8(14-7)9-10-12-13-11-9/h1-4H,(H,10,11,12,13). The van der Waals surface area contributed by atoms with Gasteiger partial charge >= 0.3 is 0 Å². The van der Waals surface area contributed by atoms with Crippen LogP contribution in [-0.2, 0) is 0 Å². The lowest BCUT2D eigenvalue weighted by molar-refractivity contribution is 0.625. The summed E-state index contributed by atoms with van der Waals surface area (Å²) in [4.78, 5) is 0. The van der Waals surface area contributed by atoms with Gasteiger partial charge in [-0.3, -0.25) is 0 Å². The van der Waals surface area contributed by atoms with E-state index in [1.165, 1.54) is 0 Å². The third kappa shape index (κ3) is 0.990. The first kappa shape index (κ1) is 7.25. The smallest absolute Gasteiger partial charge is 0.215 e. The van der Waals surface area contributed by atoms with Crippen molar-refractivity contribution in [3.63, 3.8) is 0 Å². The summed E-state index contributed by atoms with van der Waals surface area (Å²) in [5.41, 5.74) is 0.777. The number of hydrogen-bond donors (Lipinski definition) is 1. The normalized spacial score (nSPS) is 10.9. The van der Waals surface area contributed by atoms with E-state index >= 15 is 0 Å². The highest BCUT2D eigenvalue weighted by Crippen LogP contribution is 2.23. The molecule has 14 heavy (non-hydrogen) atoms. The van der Waals surface area contributed by atoms with Crippen molar-refractivity contribution in [3.05, 3.63) is 30.3 Å². The number of para-hydroxylation sites is 1. The molecule has 0 amide bonds. The minimum atomic E-state index is 0.487. The van der Waals surface area contributed by atoms with Gasteiger partial charge in [0.1, 0.15) is 5.58 Å². The van der Waals surface area contributed by atoms with Gasteiger partial charge in [-0.1, -0.05) is 18.2 Å². The third-order valence-corrected chi connectivity index (χ3v) is 1.91. The van der Waals surface area contributed by atoms with Gasteiger partial charge in [-0.2, -0.15) is 0 Å². The number of rotatable bonds is 1. The zero-order valence-electron chi connectivity index (χ0n) is 7.06. The molecule has 1 aromatic carbocycles. The van der Waals surface area contributed by atoms with Gasteiger partial charge in [0, 0.05) is 11.5 Å². The summed E-state index contributed by atoms with van der Waals surface area (Å²) in [6.07, 6.45) is 0. The van der Waals surface area contributed by atoms with E-state index in [1.807, 2.05) is 24.3 Å². The Bertz CT molecular complexity index is 522.